The lowest BCUT2D eigenvalue weighted by Gasteiger charge is -2.14. The fourth-order valence-electron chi connectivity index (χ4n) is 2.77. The lowest BCUT2D eigenvalue weighted by atomic mass is 10.1. The Morgan fingerprint density at radius 1 is 1.12 bits per heavy atom. The summed E-state index contributed by atoms with van der Waals surface area (Å²) in [6, 6.07) is 18.4. The standard InChI is InChI=1S/C24H22BrClN2O4/c1-16-5-3-4-6-18(16)14-32-24-21(25)11-17(12-22(24)30-2)13-27-28-23(29)15-31-20-9-7-19(26)8-10-20/h3-13H,14-15H2,1-2H3,(H,28,29)/b27-13-. The summed E-state index contributed by atoms with van der Waals surface area (Å²) in [5.74, 6) is 1.30. The van der Waals surface area contributed by atoms with Crippen molar-refractivity contribution in [1.29, 1.82) is 0 Å². The Hall–Kier alpha value is -3.03. The SMILES string of the molecule is COc1cc(/C=N\NC(=O)COc2ccc(Cl)cc2)cc(Br)c1OCc1ccccc1C. The molecule has 0 fully saturated rings. The molecule has 0 atom stereocenters. The van der Waals surface area contributed by atoms with Crippen molar-refractivity contribution in [2.45, 2.75) is 13.5 Å². The van der Waals surface area contributed by atoms with E-state index in [-0.39, 0.29) is 12.5 Å². The predicted octanol–water partition coefficient (Wildman–Crippen LogP) is 5.53. The van der Waals surface area contributed by atoms with Crippen LogP contribution < -0.4 is 19.6 Å². The largest absolute Gasteiger partial charge is 0.493 e. The Morgan fingerprint density at radius 2 is 1.88 bits per heavy atom. The number of hydrogen-bond donors (Lipinski definition) is 1. The molecule has 0 bridgehead atoms. The number of hydrogen-bond acceptors (Lipinski definition) is 5. The molecule has 0 aromatic heterocycles. The summed E-state index contributed by atoms with van der Waals surface area (Å²) in [5.41, 5.74) is 5.40. The van der Waals surface area contributed by atoms with Gasteiger partial charge in [-0.25, -0.2) is 5.43 Å². The summed E-state index contributed by atoms with van der Waals surface area (Å²) in [6.07, 6.45) is 1.51. The highest BCUT2D eigenvalue weighted by molar-refractivity contribution is 9.10. The first-order chi connectivity index (χ1) is 15.5. The van der Waals surface area contributed by atoms with E-state index in [0.29, 0.717) is 33.4 Å². The molecule has 3 aromatic carbocycles. The van der Waals surface area contributed by atoms with E-state index < -0.39 is 0 Å². The highest BCUT2D eigenvalue weighted by Gasteiger charge is 2.12. The molecule has 0 saturated heterocycles. The summed E-state index contributed by atoms with van der Waals surface area (Å²) in [4.78, 5) is 11.9. The minimum absolute atomic E-state index is 0.169. The molecule has 6 nitrogen and oxygen atoms in total. The van der Waals surface area contributed by atoms with E-state index in [9.17, 15) is 4.79 Å². The normalized spacial score (nSPS) is 10.8. The zero-order chi connectivity index (χ0) is 22.9. The fourth-order valence-corrected chi connectivity index (χ4v) is 3.47. The van der Waals surface area contributed by atoms with Gasteiger partial charge in [0.15, 0.2) is 18.1 Å². The topological polar surface area (TPSA) is 69.2 Å². The minimum atomic E-state index is -0.389. The maximum absolute atomic E-state index is 11.9. The van der Waals surface area contributed by atoms with Gasteiger partial charge in [-0.2, -0.15) is 5.10 Å². The fraction of sp³-hybridized carbons (Fsp3) is 0.167. The van der Waals surface area contributed by atoms with Gasteiger partial charge in [0, 0.05) is 5.02 Å². The molecule has 0 saturated carbocycles. The number of carbonyl (C=O) groups excluding carboxylic acids is 1. The van der Waals surface area contributed by atoms with Crippen LogP contribution in [-0.4, -0.2) is 25.8 Å². The van der Waals surface area contributed by atoms with Gasteiger partial charge in [0.1, 0.15) is 12.4 Å². The molecular weight excluding hydrogens is 496 g/mol. The Morgan fingerprint density at radius 3 is 2.59 bits per heavy atom. The second-order valence-corrected chi connectivity index (χ2v) is 8.08. The Labute approximate surface area is 200 Å². The van der Waals surface area contributed by atoms with E-state index in [1.807, 2.05) is 37.3 Å². The number of benzene rings is 3. The number of rotatable bonds is 9. The first-order valence-electron chi connectivity index (χ1n) is 9.71. The average molecular weight is 518 g/mol. The van der Waals surface area contributed by atoms with Crippen LogP contribution >= 0.6 is 27.5 Å². The molecule has 166 valence electrons. The van der Waals surface area contributed by atoms with Crippen LogP contribution in [0.3, 0.4) is 0 Å². The molecule has 8 heteroatoms. The number of hydrazone groups is 1. The Bertz CT molecular complexity index is 1100. The van der Waals surface area contributed by atoms with Crippen molar-refractivity contribution in [3.63, 3.8) is 0 Å². The first-order valence-corrected chi connectivity index (χ1v) is 10.9. The van der Waals surface area contributed by atoms with Crippen LogP contribution in [0.4, 0.5) is 0 Å². The number of ether oxygens (including phenoxy) is 3. The van der Waals surface area contributed by atoms with Crippen LogP contribution in [0.25, 0.3) is 0 Å². The first kappa shape index (κ1) is 23.6. The minimum Gasteiger partial charge on any atom is -0.493 e. The predicted molar refractivity (Wildman–Crippen MR) is 129 cm³/mol. The molecule has 0 radical (unpaired) electrons. The molecule has 0 aliphatic heterocycles. The van der Waals surface area contributed by atoms with Gasteiger partial charge >= 0.3 is 0 Å². The summed E-state index contributed by atoms with van der Waals surface area (Å²) in [6.45, 7) is 2.29. The number of aryl methyl sites for hydroxylation is 1. The van der Waals surface area contributed by atoms with Gasteiger partial charge in [0.25, 0.3) is 5.91 Å². The van der Waals surface area contributed by atoms with E-state index in [0.717, 1.165) is 16.7 Å². The van der Waals surface area contributed by atoms with Crippen molar-refractivity contribution in [2.24, 2.45) is 5.10 Å². The summed E-state index contributed by atoms with van der Waals surface area (Å²) >= 11 is 9.35. The Kier molecular flexibility index (Phi) is 8.53. The number of amides is 1. The third kappa shape index (κ3) is 6.73. The summed E-state index contributed by atoms with van der Waals surface area (Å²) in [5, 5.41) is 4.57. The molecule has 3 aromatic rings. The third-order valence-electron chi connectivity index (χ3n) is 4.47. The quantitative estimate of drug-likeness (QED) is 0.299. The third-order valence-corrected chi connectivity index (χ3v) is 5.31. The van der Waals surface area contributed by atoms with Crippen molar-refractivity contribution in [3.8, 4) is 17.2 Å². The molecule has 3 rings (SSSR count). The molecule has 0 aliphatic rings. The van der Waals surface area contributed by atoms with Gasteiger partial charge in [0.05, 0.1) is 17.8 Å². The molecule has 1 amide bonds. The van der Waals surface area contributed by atoms with Gasteiger partial charge in [-0.3, -0.25) is 4.79 Å². The lowest BCUT2D eigenvalue weighted by molar-refractivity contribution is -0.123. The van der Waals surface area contributed by atoms with Crippen molar-refractivity contribution in [1.82, 2.24) is 5.43 Å². The maximum atomic E-state index is 11.9. The van der Waals surface area contributed by atoms with Gasteiger partial charge in [-0.1, -0.05) is 35.9 Å². The molecule has 1 N–H and O–H groups in total. The lowest BCUT2D eigenvalue weighted by Crippen LogP contribution is -2.24. The second kappa shape index (κ2) is 11.5. The molecular formula is C24H22BrClN2O4. The molecule has 32 heavy (non-hydrogen) atoms. The number of carbonyl (C=O) groups is 1. The van der Waals surface area contributed by atoms with E-state index in [1.165, 1.54) is 6.21 Å². The van der Waals surface area contributed by atoms with Gasteiger partial charge in [-0.15, -0.1) is 0 Å². The second-order valence-electron chi connectivity index (χ2n) is 6.79. The average Bonchev–Trinajstić information content (AvgIpc) is 2.78. The van der Waals surface area contributed by atoms with Crippen LogP contribution in [0.2, 0.25) is 5.02 Å². The van der Waals surface area contributed by atoms with Crippen LogP contribution in [0.15, 0.2) is 70.2 Å². The number of halogens is 2. The maximum Gasteiger partial charge on any atom is 0.277 e. The van der Waals surface area contributed by atoms with Gasteiger partial charge < -0.3 is 14.2 Å². The highest BCUT2D eigenvalue weighted by Crippen LogP contribution is 2.37. The van der Waals surface area contributed by atoms with Crippen LogP contribution in [-0.2, 0) is 11.4 Å². The summed E-state index contributed by atoms with van der Waals surface area (Å²) < 4.78 is 17.6. The van der Waals surface area contributed by atoms with E-state index in [1.54, 1.807) is 37.4 Å². The smallest absolute Gasteiger partial charge is 0.277 e. The number of methoxy groups -OCH3 is 1. The van der Waals surface area contributed by atoms with Crippen LogP contribution in [0.1, 0.15) is 16.7 Å². The van der Waals surface area contributed by atoms with Crippen molar-refractivity contribution in [3.05, 3.63) is 86.8 Å². The summed E-state index contributed by atoms with van der Waals surface area (Å²) in [7, 11) is 1.57. The molecule has 0 aliphatic carbocycles. The molecule has 0 heterocycles. The van der Waals surface area contributed by atoms with Gasteiger partial charge in [0.2, 0.25) is 0 Å². The van der Waals surface area contributed by atoms with Crippen molar-refractivity contribution >= 4 is 39.7 Å². The van der Waals surface area contributed by atoms with Crippen LogP contribution in [0, 0.1) is 6.92 Å². The van der Waals surface area contributed by atoms with Gasteiger partial charge in [-0.05, 0) is 75.9 Å². The zero-order valence-corrected chi connectivity index (χ0v) is 19.9. The van der Waals surface area contributed by atoms with Crippen LogP contribution in [0.5, 0.6) is 17.2 Å². The highest BCUT2D eigenvalue weighted by atomic mass is 79.9. The molecule has 0 spiro atoms. The monoisotopic (exact) mass is 516 g/mol. The Balaban J connectivity index is 1.58. The van der Waals surface area contributed by atoms with E-state index in [2.05, 4.69) is 26.5 Å². The van der Waals surface area contributed by atoms with E-state index in [4.69, 9.17) is 25.8 Å². The van der Waals surface area contributed by atoms with E-state index >= 15 is 0 Å². The van der Waals surface area contributed by atoms with Crippen molar-refractivity contribution in [2.75, 3.05) is 13.7 Å². The van der Waals surface area contributed by atoms with Crippen molar-refractivity contribution < 1.29 is 19.0 Å². The number of nitrogens with one attached hydrogen (secondary N) is 1. The zero-order valence-electron chi connectivity index (χ0n) is 17.6. The number of nitrogens with zero attached hydrogens (tertiary/aromatic N) is 1. The molecule has 0 unspecified atom stereocenters.